The minimum Gasteiger partial charge on any atom is -0.356 e. The molecule has 0 radical (unpaired) electrons. The highest BCUT2D eigenvalue weighted by molar-refractivity contribution is 9.10. The molecule has 98 valence electrons. The summed E-state index contributed by atoms with van der Waals surface area (Å²) in [4.78, 5) is 6.91. The Hall–Kier alpha value is -1.35. The van der Waals surface area contributed by atoms with Crippen LogP contribution in [0.25, 0.3) is 0 Å². The van der Waals surface area contributed by atoms with Gasteiger partial charge in [0.2, 0.25) is 0 Å². The van der Waals surface area contributed by atoms with Crippen LogP contribution in [0.1, 0.15) is 23.5 Å². The minimum absolute atomic E-state index is 0.631. The second-order valence-corrected chi connectivity index (χ2v) is 5.99. The number of aryl methyl sites for hydroxylation is 1. The Labute approximate surface area is 122 Å². The predicted octanol–water partition coefficient (Wildman–Crippen LogP) is 4.15. The van der Waals surface area contributed by atoms with E-state index in [9.17, 15) is 0 Å². The van der Waals surface area contributed by atoms with Gasteiger partial charge in [0, 0.05) is 29.7 Å². The summed E-state index contributed by atoms with van der Waals surface area (Å²) in [5.41, 5.74) is 2.69. The summed E-state index contributed by atoms with van der Waals surface area (Å²) in [7, 11) is 0. The number of aromatic nitrogens is 1. The first-order valence-corrected chi connectivity index (χ1v) is 7.45. The van der Waals surface area contributed by atoms with E-state index in [1.165, 1.54) is 17.5 Å². The fourth-order valence-corrected chi connectivity index (χ4v) is 2.88. The average molecular weight is 317 g/mol. The molecule has 1 aromatic heterocycles. The Kier molecular flexibility index (Phi) is 3.56. The highest BCUT2D eigenvalue weighted by Gasteiger charge is 2.24. The van der Waals surface area contributed by atoms with Gasteiger partial charge in [-0.15, -0.1) is 0 Å². The normalized spacial score (nSPS) is 18.8. The van der Waals surface area contributed by atoms with Crippen LogP contribution >= 0.6 is 15.9 Å². The molecule has 2 heterocycles. The fourth-order valence-electron chi connectivity index (χ4n) is 2.66. The van der Waals surface area contributed by atoms with Crippen molar-refractivity contribution in [2.75, 3.05) is 18.0 Å². The molecular weight excluding hydrogens is 300 g/mol. The quantitative estimate of drug-likeness (QED) is 0.827. The summed E-state index contributed by atoms with van der Waals surface area (Å²) < 4.78 is 1.08. The van der Waals surface area contributed by atoms with Crippen LogP contribution < -0.4 is 4.90 Å². The van der Waals surface area contributed by atoms with E-state index in [2.05, 4.69) is 69.1 Å². The maximum absolute atomic E-state index is 4.53. The molecule has 1 unspecified atom stereocenters. The number of benzene rings is 1. The topological polar surface area (TPSA) is 16.1 Å². The molecule has 3 rings (SSSR count). The van der Waals surface area contributed by atoms with E-state index in [4.69, 9.17) is 0 Å². The maximum atomic E-state index is 4.53. The summed E-state index contributed by atoms with van der Waals surface area (Å²) >= 11 is 3.51. The van der Waals surface area contributed by atoms with E-state index in [1.807, 2.05) is 6.20 Å². The van der Waals surface area contributed by atoms with Crippen molar-refractivity contribution in [2.24, 2.45) is 0 Å². The number of halogens is 1. The smallest absolute Gasteiger partial charge is 0.128 e. The summed E-state index contributed by atoms with van der Waals surface area (Å²) in [6.45, 7) is 4.27. The monoisotopic (exact) mass is 316 g/mol. The van der Waals surface area contributed by atoms with Crippen LogP contribution in [0.3, 0.4) is 0 Å². The number of hydrogen-bond donors (Lipinski definition) is 0. The van der Waals surface area contributed by atoms with Gasteiger partial charge in [0.15, 0.2) is 0 Å². The molecule has 0 N–H and O–H groups in total. The van der Waals surface area contributed by atoms with Gasteiger partial charge in [-0.1, -0.05) is 30.3 Å². The van der Waals surface area contributed by atoms with E-state index >= 15 is 0 Å². The molecule has 2 aromatic rings. The van der Waals surface area contributed by atoms with Crippen molar-refractivity contribution in [2.45, 2.75) is 19.3 Å². The first-order valence-electron chi connectivity index (χ1n) is 6.66. The van der Waals surface area contributed by atoms with Crippen LogP contribution in [0.15, 0.2) is 47.1 Å². The standard InChI is InChI=1S/C16H17BrN2/c1-12-9-16(18-10-15(12)17)19-8-7-14(11-19)13-5-3-2-4-6-13/h2-6,9-10,14H,7-8,11H2,1H3. The van der Waals surface area contributed by atoms with Crippen molar-refractivity contribution < 1.29 is 0 Å². The number of pyridine rings is 1. The van der Waals surface area contributed by atoms with Crippen LogP contribution in [0.4, 0.5) is 5.82 Å². The second-order valence-electron chi connectivity index (χ2n) is 5.13. The lowest BCUT2D eigenvalue weighted by atomic mass is 9.99. The number of hydrogen-bond acceptors (Lipinski definition) is 2. The maximum Gasteiger partial charge on any atom is 0.128 e. The molecule has 19 heavy (non-hydrogen) atoms. The molecule has 0 bridgehead atoms. The van der Waals surface area contributed by atoms with Crippen molar-refractivity contribution >= 4 is 21.7 Å². The van der Waals surface area contributed by atoms with Crippen LogP contribution in [0.5, 0.6) is 0 Å². The molecule has 1 aliphatic rings. The third-order valence-electron chi connectivity index (χ3n) is 3.82. The molecular formula is C16H17BrN2. The van der Waals surface area contributed by atoms with Crippen molar-refractivity contribution in [1.29, 1.82) is 0 Å². The van der Waals surface area contributed by atoms with E-state index in [0.717, 1.165) is 23.4 Å². The highest BCUT2D eigenvalue weighted by atomic mass is 79.9. The van der Waals surface area contributed by atoms with Gasteiger partial charge in [-0.25, -0.2) is 4.98 Å². The summed E-state index contributed by atoms with van der Waals surface area (Å²) in [5, 5.41) is 0. The largest absolute Gasteiger partial charge is 0.356 e. The lowest BCUT2D eigenvalue weighted by Crippen LogP contribution is -2.20. The van der Waals surface area contributed by atoms with Crippen molar-refractivity contribution in [3.05, 3.63) is 58.2 Å². The van der Waals surface area contributed by atoms with Gasteiger partial charge in [0.1, 0.15) is 5.82 Å². The Morgan fingerprint density at radius 1 is 1.26 bits per heavy atom. The lowest BCUT2D eigenvalue weighted by Gasteiger charge is -2.18. The van der Waals surface area contributed by atoms with Crippen molar-refractivity contribution in [3.8, 4) is 0 Å². The van der Waals surface area contributed by atoms with Crippen molar-refractivity contribution in [1.82, 2.24) is 4.98 Å². The predicted molar refractivity (Wildman–Crippen MR) is 82.7 cm³/mol. The van der Waals surface area contributed by atoms with E-state index < -0.39 is 0 Å². The molecule has 0 aliphatic carbocycles. The zero-order valence-corrected chi connectivity index (χ0v) is 12.6. The number of rotatable bonds is 2. The van der Waals surface area contributed by atoms with Gasteiger partial charge in [-0.2, -0.15) is 0 Å². The van der Waals surface area contributed by atoms with Gasteiger partial charge < -0.3 is 4.90 Å². The first kappa shape index (κ1) is 12.7. The van der Waals surface area contributed by atoms with Gasteiger partial charge in [0.05, 0.1) is 0 Å². The zero-order chi connectivity index (χ0) is 13.2. The van der Waals surface area contributed by atoms with E-state index in [-0.39, 0.29) is 0 Å². The molecule has 1 fully saturated rings. The summed E-state index contributed by atoms with van der Waals surface area (Å²) in [6.07, 6.45) is 3.11. The molecule has 1 aromatic carbocycles. The summed E-state index contributed by atoms with van der Waals surface area (Å²) in [6, 6.07) is 13.0. The van der Waals surface area contributed by atoms with Crippen LogP contribution in [-0.2, 0) is 0 Å². The van der Waals surface area contributed by atoms with Crippen LogP contribution in [-0.4, -0.2) is 18.1 Å². The van der Waals surface area contributed by atoms with Crippen molar-refractivity contribution in [3.63, 3.8) is 0 Å². The van der Waals surface area contributed by atoms with Gasteiger partial charge in [0.25, 0.3) is 0 Å². The molecule has 2 nitrogen and oxygen atoms in total. The molecule has 1 aliphatic heterocycles. The van der Waals surface area contributed by atoms with E-state index in [1.54, 1.807) is 0 Å². The fraction of sp³-hybridized carbons (Fsp3) is 0.312. The third-order valence-corrected chi connectivity index (χ3v) is 4.65. The van der Waals surface area contributed by atoms with Gasteiger partial charge >= 0.3 is 0 Å². The van der Waals surface area contributed by atoms with E-state index in [0.29, 0.717) is 5.92 Å². The molecule has 0 spiro atoms. The Morgan fingerprint density at radius 3 is 2.79 bits per heavy atom. The molecule has 0 amide bonds. The highest BCUT2D eigenvalue weighted by Crippen LogP contribution is 2.30. The Morgan fingerprint density at radius 2 is 2.05 bits per heavy atom. The summed E-state index contributed by atoms with van der Waals surface area (Å²) in [5.74, 6) is 1.73. The molecule has 1 saturated heterocycles. The molecule has 0 saturated carbocycles. The molecule has 1 atom stereocenters. The van der Waals surface area contributed by atoms with Crippen LogP contribution in [0, 0.1) is 6.92 Å². The Bertz CT molecular complexity index is 568. The SMILES string of the molecule is Cc1cc(N2CCC(c3ccccc3)C2)ncc1Br. The number of nitrogens with zero attached hydrogens (tertiary/aromatic N) is 2. The lowest BCUT2D eigenvalue weighted by molar-refractivity contribution is 0.774. The average Bonchev–Trinajstić information content (AvgIpc) is 2.93. The third kappa shape index (κ3) is 2.66. The first-order chi connectivity index (χ1) is 9.24. The van der Waals surface area contributed by atoms with Crippen LogP contribution in [0.2, 0.25) is 0 Å². The van der Waals surface area contributed by atoms with Gasteiger partial charge in [-0.05, 0) is 46.5 Å². The van der Waals surface area contributed by atoms with Gasteiger partial charge in [-0.3, -0.25) is 0 Å². The molecule has 3 heteroatoms. The number of anilines is 1. The Balaban J connectivity index is 1.77. The second kappa shape index (κ2) is 5.33. The zero-order valence-electron chi connectivity index (χ0n) is 11.0. The minimum atomic E-state index is 0.631.